The van der Waals surface area contributed by atoms with Gasteiger partial charge in [-0.05, 0) is 23.6 Å². The number of halogens is 1. The van der Waals surface area contributed by atoms with Gasteiger partial charge in [0, 0.05) is 32.5 Å². The lowest BCUT2D eigenvalue weighted by molar-refractivity contribution is -0.134. The van der Waals surface area contributed by atoms with Crippen LogP contribution < -0.4 is 0 Å². The van der Waals surface area contributed by atoms with Crippen LogP contribution in [0.5, 0.6) is 0 Å². The van der Waals surface area contributed by atoms with E-state index < -0.39 is 0 Å². The smallest absolute Gasteiger partial charge is 0.276 e. The maximum atomic E-state index is 13.2. The van der Waals surface area contributed by atoms with Crippen molar-refractivity contribution in [3.8, 4) is 0 Å². The molecular formula is C21H26FN3O3. The molecule has 7 heteroatoms. The molecule has 1 aromatic heterocycles. The molecule has 1 saturated heterocycles. The van der Waals surface area contributed by atoms with Gasteiger partial charge in [0.15, 0.2) is 12.1 Å². The van der Waals surface area contributed by atoms with Crippen LogP contribution in [0.2, 0.25) is 0 Å². The van der Waals surface area contributed by atoms with E-state index in [1.54, 1.807) is 17.0 Å². The molecule has 0 unspecified atom stereocenters. The highest BCUT2D eigenvalue weighted by Crippen LogP contribution is 2.23. The molecule has 1 atom stereocenters. The van der Waals surface area contributed by atoms with Crippen LogP contribution in [0.25, 0.3) is 0 Å². The number of carbonyl (C=O) groups is 2. The summed E-state index contributed by atoms with van der Waals surface area (Å²) in [5.74, 6) is 0.204. The Morgan fingerprint density at radius 1 is 1.32 bits per heavy atom. The molecule has 150 valence electrons. The molecule has 0 saturated carbocycles. The Hall–Kier alpha value is -2.70. The van der Waals surface area contributed by atoms with Crippen LogP contribution in [0, 0.1) is 11.7 Å². The average Bonchev–Trinajstić information content (AvgIpc) is 3.09. The molecule has 0 aliphatic carbocycles. The van der Waals surface area contributed by atoms with Gasteiger partial charge in [0.25, 0.3) is 5.91 Å². The van der Waals surface area contributed by atoms with Gasteiger partial charge in [-0.3, -0.25) is 9.59 Å². The highest BCUT2D eigenvalue weighted by Gasteiger charge is 2.34. The lowest BCUT2D eigenvalue weighted by atomic mass is 10.0. The maximum absolute atomic E-state index is 13.2. The Balaban J connectivity index is 1.83. The van der Waals surface area contributed by atoms with Crippen LogP contribution in [-0.2, 0) is 17.8 Å². The minimum absolute atomic E-state index is 0.00538. The van der Waals surface area contributed by atoms with Crippen LogP contribution >= 0.6 is 0 Å². The summed E-state index contributed by atoms with van der Waals surface area (Å²) < 4.78 is 18.5. The van der Waals surface area contributed by atoms with E-state index in [2.05, 4.69) is 4.98 Å². The lowest BCUT2D eigenvalue weighted by Gasteiger charge is -2.34. The van der Waals surface area contributed by atoms with Crippen molar-refractivity contribution >= 4 is 11.8 Å². The molecule has 1 aliphatic heterocycles. The van der Waals surface area contributed by atoms with Gasteiger partial charge in [0.1, 0.15) is 11.6 Å². The topological polar surface area (TPSA) is 66.7 Å². The third-order valence-electron chi connectivity index (χ3n) is 5.21. The van der Waals surface area contributed by atoms with Crippen molar-refractivity contribution in [2.75, 3.05) is 13.1 Å². The van der Waals surface area contributed by atoms with Crippen molar-refractivity contribution in [1.29, 1.82) is 0 Å². The second-order valence-corrected chi connectivity index (χ2v) is 7.44. The number of carbonyl (C=O) groups excluding carboxylic acids is 2. The lowest BCUT2D eigenvalue weighted by Crippen LogP contribution is -2.47. The third kappa shape index (κ3) is 4.24. The highest BCUT2D eigenvalue weighted by molar-refractivity contribution is 5.93. The number of oxazole rings is 1. The van der Waals surface area contributed by atoms with Gasteiger partial charge in [-0.15, -0.1) is 0 Å². The molecular weight excluding hydrogens is 361 g/mol. The first-order valence-corrected chi connectivity index (χ1v) is 9.66. The van der Waals surface area contributed by atoms with E-state index >= 15 is 0 Å². The third-order valence-corrected chi connectivity index (χ3v) is 5.21. The molecule has 2 aromatic rings. The maximum Gasteiger partial charge on any atom is 0.276 e. The van der Waals surface area contributed by atoms with Crippen LogP contribution in [0.1, 0.15) is 49.0 Å². The minimum Gasteiger partial charge on any atom is -0.448 e. The van der Waals surface area contributed by atoms with E-state index in [0.717, 1.165) is 5.56 Å². The van der Waals surface area contributed by atoms with Crippen LogP contribution in [0.15, 0.2) is 35.1 Å². The van der Waals surface area contributed by atoms with Gasteiger partial charge in [0.2, 0.25) is 5.91 Å². The fourth-order valence-electron chi connectivity index (χ4n) is 3.57. The fourth-order valence-corrected chi connectivity index (χ4v) is 3.57. The van der Waals surface area contributed by atoms with E-state index in [0.29, 0.717) is 37.5 Å². The Kier molecular flexibility index (Phi) is 6.11. The SMILES string of the molecule is CCc1ocnc1C(=O)N1CCC(=O)N(Cc2ccc(F)cc2)[C@@H](C(C)C)C1. The van der Waals surface area contributed by atoms with Gasteiger partial charge >= 0.3 is 0 Å². The summed E-state index contributed by atoms with van der Waals surface area (Å²) in [6.45, 7) is 7.16. The quantitative estimate of drug-likeness (QED) is 0.790. The number of rotatable bonds is 5. The first-order chi connectivity index (χ1) is 13.4. The second kappa shape index (κ2) is 8.54. The van der Waals surface area contributed by atoms with Gasteiger partial charge < -0.3 is 14.2 Å². The van der Waals surface area contributed by atoms with Gasteiger partial charge in [-0.25, -0.2) is 9.37 Å². The molecule has 0 spiro atoms. The number of aromatic nitrogens is 1. The standard InChI is InChI=1S/C21H26FN3O3/c1-4-18-20(23-13-28-18)21(27)24-10-9-19(26)25(17(12-24)14(2)3)11-15-5-7-16(22)8-6-15/h5-8,13-14,17H,4,9-12H2,1-3H3/t17-/m1/s1. The largest absolute Gasteiger partial charge is 0.448 e. The normalized spacial score (nSPS) is 17.9. The Bertz CT molecular complexity index is 832. The van der Waals surface area contributed by atoms with Crippen molar-refractivity contribution in [3.05, 3.63) is 53.5 Å². The van der Waals surface area contributed by atoms with Crippen LogP contribution in [0.4, 0.5) is 4.39 Å². The van der Waals surface area contributed by atoms with E-state index in [4.69, 9.17) is 4.42 Å². The van der Waals surface area contributed by atoms with E-state index in [1.807, 2.05) is 25.7 Å². The van der Waals surface area contributed by atoms with Gasteiger partial charge in [0.05, 0.1) is 6.04 Å². The Morgan fingerprint density at radius 3 is 2.68 bits per heavy atom. The number of amides is 2. The Labute approximate surface area is 164 Å². The van der Waals surface area contributed by atoms with Crippen molar-refractivity contribution in [1.82, 2.24) is 14.8 Å². The molecule has 3 rings (SSSR count). The van der Waals surface area contributed by atoms with E-state index in [-0.39, 0.29) is 36.0 Å². The molecule has 0 N–H and O–H groups in total. The van der Waals surface area contributed by atoms with Crippen molar-refractivity contribution in [2.24, 2.45) is 5.92 Å². The summed E-state index contributed by atoms with van der Waals surface area (Å²) >= 11 is 0. The zero-order valence-electron chi connectivity index (χ0n) is 16.5. The van der Waals surface area contributed by atoms with Gasteiger partial charge in [-0.2, -0.15) is 0 Å². The summed E-state index contributed by atoms with van der Waals surface area (Å²) in [7, 11) is 0. The van der Waals surface area contributed by atoms with Gasteiger partial charge in [-0.1, -0.05) is 32.9 Å². The van der Waals surface area contributed by atoms with E-state index in [9.17, 15) is 14.0 Å². The molecule has 6 nitrogen and oxygen atoms in total. The monoisotopic (exact) mass is 387 g/mol. The highest BCUT2D eigenvalue weighted by atomic mass is 19.1. The first-order valence-electron chi connectivity index (χ1n) is 9.66. The number of hydrogen-bond acceptors (Lipinski definition) is 4. The summed E-state index contributed by atoms with van der Waals surface area (Å²) in [6, 6.07) is 6.04. The van der Waals surface area contributed by atoms with Crippen molar-refractivity contribution < 1.29 is 18.4 Å². The number of benzene rings is 1. The summed E-state index contributed by atoms with van der Waals surface area (Å²) in [5.41, 5.74) is 1.19. The second-order valence-electron chi connectivity index (χ2n) is 7.44. The predicted octanol–water partition coefficient (Wildman–Crippen LogP) is 3.28. The Morgan fingerprint density at radius 2 is 2.04 bits per heavy atom. The zero-order chi connectivity index (χ0) is 20.3. The summed E-state index contributed by atoms with van der Waals surface area (Å²) in [4.78, 5) is 33.5. The predicted molar refractivity (Wildman–Crippen MR) is 102 cm³/mol. The average molecular weight is 387 g/mol. The molecule has 0 bridgehead atoms. The molecule has 1 aliphatic rings. The van der Waals surface area contributed by atoms with Crippen molar-refractivity contribution in [3.63, 3.8) is 0 Å². The molecule has 1 aromatic carbocycles. The number of nitrogens with zero attached hydrogens (tertiary/aromatic N) is 3. The molecule has 2 heterocycles. The van der Waals surface area contributed by atoms with Crippen LogP contribution in [0.3, 0.4) is 0 Å². The summed E-state index contributed by atoms with van der Waals surface area (Å²) in [6.07, 6.45) is 2.11. The molecule has 1 fully saturated rings. The van der Waals surface area contributed by atoms with Crippen molar-refractivity contribution in [2.45, 2.75) is 46.2 Å². The molecule has 0 radical (unpaired) electrons. The number of aryl methyl sites for hydroxylation is 1. The van der Waals surface area contributed by atoms with Crippen LogP contribution in [-0.4, -0.2) is 45.7 Å². The van der Waals surface area contributed by atoms with E-state index in [1.165, 1.54) is 18.5 Å². The fraction of sp³-hybridized carbons (Fsp3) is 0.476. The zero-order valence-corrected chi connectivity index (χ0v) is 16.5. The minimum atomic E-state index is -0.303. The molecule has 2 amide bonds. The molecule has 28 heavy (non-hydrogen) atoms. The number of hydrogen-bond donors (Lipinski definition) is 0. The first kappa shape index (κ1) is 20.0. The summed E-state index contributed by atoms with van der Waals surface area (Å²) in [5, 5.41) is 0.